The minimum Gasteiger partial charge on any atom is -0.388 e. The molecular weight excluding hydrogens is 218 g/mol. The van der Waals surface area contributed by atoms with Gasteiger partial charge in [-0.2, -0.15) is 0 Å². The Morgan fingerprint density at radius 1 is 1.29 bits per heavy atom. The first-order chi connectivity index (χ1) is 7.90. The number of aliphatic hydroxyl groups is 1. The van der Waals surface area contributed by atoms with Crippen LogP contribution in [-0.2, 0) is 23.3 Å². The zero-order valence-corrected chi connectivity index (χ0v) is 11.4. The van der Waals surface area contributed by atoms with Crippen molar-refractivity contribution in [3.8, 4) is 0 Å². The molecule has 0 aliphatic carbocycles. The summed E-state index contributed by atoms with van der Waals surface area (Å²) in [4.78, 5) is 0. The largest absolute Gasteiger partial charge is 0.388 e. The third-order valence-corrected chi connectivity index (χ3v) is 2.59. The van der Waals surface area contributed by atoms with Crippen molar-refractivity contribution in [1.29, 1.82) is 0 Å². The molecule has 0 saturated heterocycles. The van der Waals surface area contributed by atoms with Gasteiger partial charge in [0.2, 0.25) is 0 Å². The van der Waals surface area contributed by atoms with E-state index in [0.717, 1.165) is 12.2 Å². The third-order valence-electron chi connectivity index (χ3n) is 2.59. The summed E-state index contributed by atoms with van der Waals surface area (Å²) in [5, 5.41) is 17.5. The molecule has 1 N–H and O–H groups in total. The van der Waals surface area contributed by atoms with E-state index >= 15 is 0 Å². The van der Waals surface area contributed by atoms with Gasteiger partial charge in [-0.3, -0.25) is 0 Å². The Balaban J connectivity index is 2.96. The third kappa shape index (κ3) is 3.51. The second kappa shape index (κ2) is 5.60. The molecule has 0 fully saturated rings. The summed E-state index contributed by atoms with van der Waals surface area (Å²) in [5.41, 5.74) is -0.121. The monoisotopic (exact) mass is 241 g/mol. The molecule has 1 aromatic rings. The van der Waals surface area contributed by atoms with Crippen molar-refractivity contribution < 1.29 is 9.84 Å². The highest BCUT2D eigenvalue weighted by molar-refractivity contribution is 5.01. The van der Waals surface area contributed by atoms with Crippen molar-refractivity contribution in [2.24, 2.45) is 5.92 Å². The normalized spacial score (nSPS) is 14.0. The van der Waals surface area contributed by atoms with E-state index in [1.807, 2.05) is 4.57 Å². The lowest BCUT2D eigenvalue weighted by Crippen LogP contribution is -2.27. The van der Waals surface area contributed by atoms with Crippen molar-refractivity contribution in [3.63, 3.8) is 0 Å². The Labute approximate surface area is 103 Å². The molecule has 0 amide bonds. The van der Waals surface area contributed by atoms with Crippen LogP contribution in [0.4, 0.5) is 0 Å². The van der Waals surface area contributed by atoms with E-state index in [9.17, 15) is 5.11 Å². The highest BCUT2D eigenvalue weighted by Crippen LogP contribution is 2.20. The van der Waals surface area contributed by atoms with Crippen molar-refractivity contribution >= 4 is 0 Å². The molecule has 1 aromatic heterocycles. The van der Waals surface area contributed by atoms with E-state index < -0.39 is 0 Å². The van der Waals surface area contributed by atoms with Crippen LogP contribution in [0.1, 0.15) is 39.3 Å². The van der Waals surface area contributed by atoms with Crippen LogP contribution in [0.15, 0.2) is 0 Å². The quantitative estimate of drug-likeness (QED) is 0.845. The van der Waals surface area contributed by atoms with Crippen molar-refractivity contribution in [1.82, 2.24) is 14.8 Å². The van der Waals surface area contributed by atoms with Gasteiger partial charge in [0.1, 0.15) is 12.4 Å². The number of aliphatic hydroxyl groups excluding tert-OH is 1. The molecule has 1 heterocycles. The standard InChI is InChI=1S/C12H23N3O2/c1-9(8-17-5)6-10-13-14-11(7-16)15(10)12(2,3)4/h9,16H,6-8H2,1-5H3. The first-order valence-corrected chi connectivity index (χ1v) is 5.93. The molecule has 0 spiro atoms. The van der Waals surface area contributed by atoms with Crippen LogP contribution >= 0.6 is 0 Å². The molecule has 0 aliphatic rings. The van der Waals surface area contributed by atoms with Crippen molar-refractivity contribution in [2.75, 3.05) is 13.7 Å². The van der Waals surface area contributed by atoms with E-state index in [-0.39, 0.29) is 12.1 Å². The van der Waals surface area contributed by atoms with Gasteiger partial charge in [-0.1, -0.05) is 6.92 Å². The molecule has 0 aliphatic heterocycles. The fourth-order valence-electron chi connectivity index (χ4n) is 2.02. The zero-order chi connectivity index (χ0) is 13.1. The fraction of sp³-hybridized carbons (Fsp3) is 0.833. The molecule has 0 radical (unpaired) electrons. The van der Waals surface area contributed by atoms with Crippen LogP contribution in [0.2, 0.25) is 0 Å². The number of methoxy groups -OCH3 is 1. The summed E-state index contributed by atoms with van der Waals surface area (Å²) < 4.78 is 7.14. The minimum absolute atomic E-state index is 0.0804. The molecule has 0 bridgehead atoms. The lowest BCUT2D eigenvalue weighted by Gasteiger charge is -2.25. The highest BCUT2D eigenvalue weighted by Gasteiger charge is 2.23. The maximum Gasteiger partial charge on any atom is 0.159 e. The summed E-state index contributed by atoms with van der Waals surface area (Å²) in [5.74, 6) is 1.92. The first-order valence-electron chi connectivity index (χ1n) is 5.93. The average Bonchev–Trinajstić information content (AvgIpc) is 2.60. The van der Waals surface area contributed by atoms with Crippen LogP contribution in [0.25, 0.3) is 0 Å². The van der Waals surface area contributed by atoms with Crippen LogP contribution in [0.3, 0.4) is 0 Å². The smallest absolute Gasteiger partial charge is 0.159 e. The van der Waals surface area contributed by atoms with Gasteiger partial charge in [-0.25, -0.2) is 0 Å². The zero-order valence-electron chi connectivity index (χ0n) is 11.4. The van der Waals surface area contributed by atoms with E-state index in [0.29, 0.717) is 18.3 Å². The fourth-order valence-corrected chi connectivity index (χ4v) is 2.02. The minimum atomic E-state index is -0.121. The van der Waals surface area contributed by atoms with Crippen molar-refractivity contribution in [2.45, 2.75) is 46.3 Å². The summed E-state index contributed by atoms with van der Waals surface area (Å²) in [6, 6.07) is 0. The molecular formula is C12H23N3O2. The summed E-state index contributed by atoms with van der Waals surface area (Å²) >= 11 is 0. The lowest BCUT2D eigenvalue weighted by atomic mass is 10.1. The Bertz CT molecular complexity index is 355. The van der Waals surface area contributed by atoms with Gasteiger partial charge in [-0.05, 0) is 26.7 Å². The maximum atomic E-state index is 9.28. The Hall–Kier alpha value is -0.940. The Morgan fingerprint density at radius 2 is 1.88 bits per heavy atom. The van der Waals surface area contributed by atoms with Gasteiger partial charge in [0.25, 0.3) is 0 Å². The van der Waals surface area contributed by atoms with Gasteiger partial charge >= 0.3 is 0 Å². The molecule has 1 rings (SSSR count). The number of rotatable bonds is 5. The average molecular weight is 241 g/mol. The van der Waals surface area contributed by atoms with Gasteiger partial charge < -0.3 is 14.4 Å². The second-order valence-electron chi connectivity index (χ2n) is 5.46. The molecule has 5 heteroatoms. The number of hydrogen-bond acceptors (Lipinski definition) is 4. The molecule has 0 aromatic carbocycles. The van der Waals surface area contributed by atoms with Crippen molar-refractivity contribution in [3.05, 3.63) is 11.6 Å². The number of ether oxygens (including phenoxy) is 1. The summed E-state index contributed by atoms with van der Waals surface area (Å²) in [6.45, 7) is 8.98. The number of nitrogens with zero attached hydrogens (tertiary/aromatic N) is 3. The predicted molar refractivity (Wildman–Crippen MR) is 65.7 cm³/mol. The maximum absolute atomic E-state index is 9.28. The predicted octanol–water partition coefficient (Wildman–Crippen LogP) is 1.35. The summed E-state index contributed by atoms with van der Waals surface area (Å²) in [6.07, 6.45) is 0.804. The molecule has 0 saturated carbocycles. The van der Waals surface area contributed by atoms with Gasteiger partial charge in [0.05, 0.1) is 0 Å². The van der Waals surface area contributed by atoms with Gasteiger partial charge in [-0.15, -0.1) is 10.2 Å². The van der Waals surface area contributed by atoms with E-state index in [1.54, 1.807) is 7.11 Å². The van der Waals surface area contributed by atoms with E-state index in [2.05, 4.69) is 37.9 Å². The van der Waals surface area contributed by atoms with Gasteiger partial charge in [0.15, 0.2) is 5.82 Å². The summed E-state index contributed by atoms with van der Waals surface area (Å²) in [7, 11) is 1.70. The Morgan fingerprint density at radius 3 is 2.35 bits per heavy atom. The Kier molecular flexibility index (Phi) is 4.65. The molecule has 98 valence electrons. The molecule has 17 heavy (non-hydrogen) atoms. The van der Waals surface area contributed by atoms with E-state index in [1.165, 1.54) is 0 Å². The molecule has 5 nitrogen and oxygen atoms in total. The van der Waals surface area contributed by atoms with Crippen LogP contribution in [0.5, 0.6) is 0 Å². The highest BCUT2D eigenvalue weighted by atomic mass is 16.5. The first kappa shape index (κ1) is 14.1. The second-order valence-corrected chi connectivity index (χ2v) is 5.46. The van der Waals surface area contributed by atoms with E-state index in [4.69, 9.17) is 4.74 Å². The SMILES string of the molecule is COCC(C)Cc1nnc(CO)n1C(C)(C)C. The molecule has 1 atom stereocenters. The van der Waals surface area contributed by atoms with Crippen LogP contribution < -0.4 is 0 Å². The topological polar surface area (TPSA) is 60.2 Å². The molecule has 1 unspecified atom stereocenters. The number of aromatic nitrogens is 3. The van der Waals surface area contributed by atoms with Crippen LogP contribution in [-0.4, -0.2) is 33.6 Å². The van der Waals surface area contributed by atoms with Crippen LogP contribution in [0, 0.1) is 5.92 Å². The lowest BCUT2D eigenvalue weighted by molar-refractivity contribution is 0.157. The van der Waals surface area contributed by atoms with Gasteiger partial charge in [0, 0.05) is 25.7 Å². The number of hydrogen-bond donors (Lipinski definition) is 1.